The maximum atomic E-state index is 4.32. The zero-order valence-corrected chi connectivity index (χ0v) is 12.1. The van der Waals surface area contributed by atoms with Crippen molar-refractivity contribution in [2.45, 2.75) is 18.9 Å². The number of benzene rings is 1. The monoisotopic (exact) mass is 280 g/mol. The number of nitrogens with zero attached hydrogens (tertiary/aromatic N) is 3. The van der Waals surface area contributed by atoms with Gasteiger partial charge in [-0.15, -0.1) is 0 Å². The summed E-state index contributed by atoms with van der Waals surface area (Å²) in [5, 5.41) is 3.52. The van der Waals surface area contributed by atoms with Gasteiger partial charge in [0.1, 0.15) is 5.82 Å². The Hall–Kier alpha value is -1.78. The molecule has 0 amide bonds. The normalized spacial score (nSPS) is 21.6. The molecule has 2 aliphatic rings. The molecule has 1 aromatic heterocycles. The quantitative estimate of drug-likeness (QED) is 0.906. The van der Waals surface area contributed by atoms with E-state index in [0.717, 1.165) is 31.8 Å². The Labute approximate surface area is 125 Å². The maximum absolute atomic E-state index is 4.32. The molecule has 1 aromatic carbocycles. The van der Waals surface area contributed by atoms with E-state index in [2.05, 4.69) is 38.4 Å². The number of hydrogen-bond donors (Lipinski definition) is 1. The van der Waals surface area contributed by atoms with Gasteiger partial charge in [-0.3, -0.25) is 4.90 Å². The molecule has 0 saturated carbocycles. The molecule has 1 saturated heterocycles. The van der Waals surface area contributed by atoms with Gasteiger partial charge < -0.3 is 5.32 Å². The molecule has 4 nitrogen and oxygen atoms in total. The highest BCUT2D eigenvalue weighted by molar-refractivity contribution is 5.37. The van der Waals surface area contributed by atoms with Crippen molar-refractivity contribution in [1.29, 1.82) is 0 Å². The minimum absolute atomic E-state index is 0.560. The summed E-state index contributed by atoms with van der Waals surface area (Å²) < 4.78 is 0. The maximum Gasteiger partial charge on any atom is 0.132 e. The molecule has 2 aromatic rings. The van der Waals surface area contributed by atoms with Gasteiger partial charge in [0.15, 0.2) is 0 Å². The highest BCUT2D eigenvalue weighted by atomic mass is 15.2. The van der Waals surface area contributed by atoms with E-state index in [4.69, 9.17) is 0 Å². The summed E-state index contributed by atoms with van der Waals surface area (Å²) in [5.74, 6) is 0.897. The molecule has 0 aliphatic carbocycles. The van der Waals surface area contributed by atoms with E-state index in [1.165, 1.54) is 29.8 Å². The first kappa shape index (κ1) is 12.9. The molecule has 21 heavy (non-hydrogen) atoms. The minimum Gasteiger partial charge on any atom is -0.314 e. The van der Waals surface area contributed by atoms with Crippen LogP contribution < -0.4 is 5.32 Å². The van der Waals surface area contributed by atoms with Crippen LogP contribution in [0.15, 0.2) is 36.7 Å². The molecule has 2 aliphatic heterocycles. The summed E-state index contributed by atoms with van der Waals surface area (Å²) in [4.78, 5) is 11.3. The van der Waals surface area contributed by atoms with Crippen molar-refractivity contribution < 1.29 is 0 Å². The molecule has 1 atom stereocenters. The lowest BCUT2D eigenvalue weighted by Gasteiger charge is -2.41. The first-order valence-electron chi connectivity index (χ1n) is 7.72. The lowest BCUT2D eigenvalue weighted by atomic mass is 9.89. The SMILES string of the molecule is c1cnc(Cc2ccc3c(c2)CCN2CCNC[C@@H]32)nc1. The van der Waals surface area contributed by atoms with Crippen LogP contribution in [0.1, 0.15) is 28.6 Å². The largest absolute Gasteiger partial charge is 0.314 e. The summed E-state index contributed by atoms with van der Waals surface area (Å²) in [6, 6.07) is 9.34. The standard InChI is InChI=1S/C17H20N4/c1-5-19-17(20-6-1)11-13-2-3-15-14(10-13)4-8-21-9-7-18-12-16(15)21/h1-3,5-6,10,16,18H,4,7-9,11-12H2/t16-/m0/s1. The first-order chi connectivity index (χ1) is 10.4. The van der Waals surface area contributed by atoms with E-state index in [0.29, 0.717) is 6.04 Å². The molecule has 108 valence electrons. The molecular formula is C17H20N4. The average Bonchev–Trinajstić information content (AvgIpc) is 2.55. The fourth-order valence-electron chi connectivity index (χ4n) is 3.50. The number of hydrogen-bond acceptors (Lipinski definition) is 4. The number of rotatable bonds is 2. The second kappa shape index (κ2) is 5.54. The zero-order chi connectivity index (χ0) is 14.1. The third-order valence-corrected chi connectivity index (χ3v) is 4.57. The zero-order valence-electron chi connectivity index (χ0n) is 12.1. The third kappa shape index (κ3) is 2.57. The van der Waals surface area contributed by atoms with Gasteiger partial charge in [0, 0.05) is 51.0 Å². The lowest BCUT2D eigenvalue weighted by Crippen LogP contribution is -2.48. The van der Waals surface area contributed by atoms with Gasteiger partial charge in [-0.2, -0.15) is 0 Å². The van der Waals surface area contributed by atoms with Crippen molar-refractivity contribution in [2.24, 2.45) is 0 Å². The molecule has 4 heteroatoms. The molecule has 3 heterocycles. The van der Waals surface area contributed by atoms with E-state index in [9.17, 15) is 0 Å². The van der Waals surface area contributed by atoms with Crippen LogP contribution in [0.3, 0.4) is 0 Å². The molecule has 0 bridgehead atoms. The molecule has 1 fully saturated rings. The van der Waals surface area contributed by atoms with Gasteiger partial charge in [-0.25, -0.2) is 9.97 Å². The molecule has 1 N–H and O–H groups in total. The summed E-state index contributed by atoms with van der Waals surface area (Å²) in [7, 11) is 0. The van der Waals surface area contributed by atoms with Crippen molar-refractivity contribution in [3.8, 4) is 0 Å². The van der Waals surface area contributed by atoms with Crippen LogP contribution in [0.4, 0.5) is 0 Å². The Balaban J connectivity index is 1.60. The van der Waals surface area contributed by atoms with Crippen molar-refractivity contribution in [1.82, 2.24) is 20.2 Å². The number of aromatic nitrogens is 2. The van der Waals surface area contributed by atoms with Crippen LogP contribution >= 0.6 is 0 Å². The van der Waals surface area contributed by atoms with Crippen molar-refractivity contribution in [3.63, 3.8) is 0 Å². The summed E-state index contributed by atoms with van der Waals surface area (Å²) in [6.07, 6.45) is 5.61. The molecule has 4 rings (SSSR count). The third-order valence-electron chi connectivity index (χ3n) is 4.57. The number of fused-ring (bicyclic) bond motifs is 3. The van der Waals surface area contributed by atoms with E-state index in [1.807, 2.05) is 18.5 Å². The van der Waals surface area contributed by atoms with E-state index >= 15 is 0 Å². The lowest BCUT2D eigenvalue weighted by molar-refractivity contribution is 0.152. The van der Waals surface area contributed by atoms with Gasteiger partial charge >= 0.3 is 0 Å². The molecule has 0 radical (unpaired) electrons. The van der Waals surface area contributed by atoms with E-state index in [1.54, 1.807) is 0 Å². The van der Waals surface area contributed by atoms with Crippen LogP contribution in [-0.4, -0.2) is 41.0 Å². The van der Waals surface area contributed by atoms with Gasteiger partial charge in [-0.05, 0) is 29.2 Å². The Morgan fingerprint density at radius 1 is 1.19 bits per heavy atom. The van der Waals surface area contributed by atoms with Crippen LogP contribution in [0, 0.1) is 0 Å². The Bertz CT molecular complexity index is 626. The second-order valence-electron chi connectivity index (χ2n) is 5.88. The van der Waals surface area contributed by atoms with Gasteiger partial charge in [0.05, 0.1) is 0 Å². The predicted octanol–water partition coefficient (Wildman–Crippen LogP) is 1.57. The molecule has 0 unspecified atom stereocenters. The highest BCUT2D eigenvalue weighted by Crippen LogP contribution is 2.31. The Morgan fingerprint density at radius 2 is 2.10 bits per heavy atom. The van der Waals surface area contributed by atoms with Gasteiger partial charge in [0.2, 0.25) is 0 Å². The molecule has 0 spiro atoms. The van der Waals surface area contributed by atoms with Gasteiger partial charge in [0.25, 0.3) is 0 Å². The summed E-state index contributed by atoms with van der Waals surface area (Å²) >= 11 is 0. The fraction of sp³-hybridized carbons (Fsp3) is 0.412. The summed E-state index contributed by atoms with van der Waals surface area (Å²) in [5.41, 5.74) is 4.33. The second-order valence-corrected chi connectivity index (χ2v) is 5.88. The van der Waals surface area contributed by atoms with Crippen molar-refractivity contribution >= 4 is 0 Å². The van der Waals surface area contributed by atoms with E-state index in [-0.39, 0.29) is 0 Å². The van der Waals surface area contributed by atoms with Crippen molar-refractivity contribution in [2.75, 3.05) is 26.2 Å². The van der Waals surface area contributed by atoms with E-state index < -0.39 is 0 Å². The summed E-state index contributed by atoms with van der Waals surface area (Å²) in [6.45, 7) is 4.55. The smallest absolute Gasteiger partial charge is 0.132 e. The highest BCUT2D eigenvalue weighted by Gasteiger charge is 2.29. The van der Waals surface area contributed by atoms with Crippen LogP contribution in [0.25, 0.3) is 0 Å². The first-order valence-corrected chi connectivity index (χ1v) is 7.72. The fourth-order valence-corrected chi connectivity index (χ4v) is 3.50. The van der Waals surface area contributed by atoms with Gasteiger partial charge in [-0.1, -0.05) is 18.2 Å². The van der Waals surface area contributed by atoms with Crippen molar-refractivity contribution in [3.05, 3.63) is 59.2 Å². The molecular weight excluding hydrogens is 260 g/mol. The topological polar surface area (TPSA) is 41.1 Å². The van der Waals surface area contributed by atoms with Crippen LogP contribution in [0.2, 0.25) is 0 Å². The predicted molar refractivity (Wildman–Crippen MR) is 82.2 cm³/mol. The number of nitrogens with one attached hydrogen (secondary N) is 1. The average molecular weight is 280 g/mol. The van der Waals surface area contributed by atoms with Crippen LogP contribution in [0.5, 0.6) is 0 Å². The Kier molecular flexibility index (Phi) is 3.41. The Morgan fingerprint density at radius 3 is 3.00 bits per heavy atom. The minimum atomic E-state index is 0.560. The number of piperazine rings is 1. The van der Waals surface area contributed by atoms with Crippen LogP contribution in [-0.2, 0) is 12.8 Å².